The van der Waals surface area contributed by atoms with E-state index < -0.39 is 0 Å². The first-order valence-corrected chi connectivity index (χ1v) is 12.2. The number of piperidine rings is 1. The third kappa shape index (κ3) is 4.04. The van der Waals surface area contributed by atoms with Crippen LogP contribution in [0.3, 0.4) is 0 Å². The van der Waals surface area contributed by atoms with Crippen LogP contribution in [0.5, 0.6) is 5.75 Å². The Bertz CT molecular complexity index is 837. The van der Waals surface area contributed by atoms with Gasteiger partial charge in [-0.25, -0.2) is 0 Å². The lowest BCUT2D eigenvalue weighted by molar-refractivity contribution is 0.0980. The normalized spacial score (nSPS) is 27.3. The third-order valence-corrected chi connectivity index (χ3v) is 8.27. The topological polar surface area (TPSA) is 12.5 Å². The van der Waals surface area contributed by atoms with Gasteiger partial charge in [0.25, 0.3) is 0 Å². The Balaban J connectivity index is 1.30. The second kappa shape index (κ2) is 8.75. The molecule has 2 bridgehead atoms. The van der Waals surface area contributed by atoms with E-state index in [0.29, 0.717) is 5.92 Å². The predicted molar refractivity (Wildman–Crippen MR) is 125 cm³/mol. The summed E-state index contributed by atoms with van der Waals surface area (Å²) in [5.74, 6) is 3.74. The van der Waals surface area contributed by atoms with Crippen molar-refractivity contribution < 1.29 is 4.74 Å². The molecular weight excluding hydrogens is 366 g/mol. The summed E-state index contributed by atoms with van der Waals surface area (Å²) in [5.41, 5.74) is 5.44. The van der Waals surface area contributed by atoms with Gasteiger partial charge in [0.05, 0.1) is 7.11 Å². The largest absolute Gasteiger partial charge is 0.496 e. The molecule has 0 radical (unpaired) electrons. The molecule has 3 aliphatic rings. The van der Waals surface area contributed by atoms with Crippen LogP contribution in [0.15, 0.2) is 42.5 Å². The molecule has 5 rings (SSSR count). The fourth-order valence-electron chi connectivity index (χ4n) is 6.51. The first-order valence-electron chi connectivity index (χ1n) is 12.2. The van der Waals surface area contributed by atoms with E-state index in [1.54, 1.807) is 0 Å². The molecule has 2 aromatic rings. The van der Waals surface area contributed by atoms with E-state index in [2.05, 4.69) is 54.3 Å². The molecule has 2 heteroatoms. The Kier molecular flexibility index (Phi) is 5.87. The van der Waals surface area contributed by atoms with Gasteiger partial charge in [-0.15, -0.1) is 0 Å². The van der Waals surface area contributed by atoms with Crippen molar-refractivity contribution in [2.45, 2.75) is 70.3 Å². The summed E-state index contributed by atoms with van der Waals surface area (Å²) in [4.78, 5) is 2.83. The summed E-state index contributed by atoms with van der Waals surface area (Å²) in [7, 11) is 1.82. The van der Waals surface area contributed by atoms with E-state index in [1.807, 2.05) is 7.11 Å². The minimum absolute atomic E-state index is 0.617. The maximum Gasteiger partial charge on any atom is 0.122 e. The zero-order chi connectivity index (χ0) is 20.5. The van der Waals surface area contributed by atoms with Crippen molar-refractivity contribution in [2.75, 3.05) is 20.2 Å². The van der Waals surface area contributed by atoms with E-state index in [-0.39, 0.29) is 0 Å². The maximum absolute atomic E-state index is 5.79. The number of ether oxygens (including phenoxy) is 1. The smallest absolute Gasteiger partial charge is 0.122 e. The predicted octanol–water partition coefficient (Wildman–Crippen LogP) is 6.68. The Hall–Kier alpha value is -1.80. The molecule has 1 heterocycles. The van der Waals surface area contributed by atoms with Crippen LogP contribution in [-0.4, -0.2) is 31.1 Å². The van der Waals surface area contributed by atoms with Gasteiger partial charge in [-0.05, 0) is 104 Å². The fraction of sp³-hybridized carbons (Fsp3) is 0.571. The number of methoxy groups -OCH3 is 1. The summed E-state index contributed by atoms with van der Waals surface area (Å²) < 4.78 is 5.79. The van der Waals surface area contributed by atoms with Crippen molar-refractivity contribution in [1.29, 1.82) is 0 Å². The van der Waals surface area contributed by atoms with Crippen LogP contribution in [0.2, 0.25) is 0 Å². The highest BCUT2D eigenvalue weighted by Crippen LogP contribution is 2.45. The lowest BCUT2D eigenvalue weighted by Crippen LogP contribution is -2.43. The lowest BCUT2D eigenvalue weighted by atomic mass is 9.82. The van der Waals surface area contributed by atoms with E-state index in [0.717, 1.165) is 30.0 Å². The van der Waals surface area contributed by atoms with Gasteiger partial charge < -0.3 is 9.64 Å². The molecule has 0 aromatic heterocycles. The molecule has 0 spiro atoms. The third-order valence-electron chi connectivity index (χ3n) is 8.27. The lowest BCUT2D eigenvalue weighted by Gasteiger charge is -2.41. The van der Waals surface area contributed by atoms with Crippen molar-refractivity contribution in [2.24, 2.45) is 11.8 Å². The number of likely N-dealkylation sites (tertiary alicyclic amines) is 1. The van der Waals surface area contributed by atoms with Crippen LogP contribution >= 0.6 is 0 Å². The number of fused-ring (bicyclic) bond motifs is 2. The van der Waals surface area contributed by atoms with Gasteiger partial charge in [0.2, 0.25) is 0 Å². The minimum atomic E-state index is 0.617. The molecular formula is C28H37NO. The van der Waals surface area contributed by atoms with E-state index >= 15 is 0 Å². The summed E-state index contributed by atoms with van der Waals surface area (Å²) in [5, 5.41) is 0. The van der Waals surface area contributed by atoms with Gasteiger partial charge >= 0.3 is 0 Å². The molecule has 3 fully saturated rings. The SMILES string of the molecule is CCc1ccc(-c2ccc(OC)c(C3CCN(C4CC5CCC(C5)C4)CC3)c2)cc1. The van der Waals surface area contributed by atoms with Gasteiger partial charge in [0.15, 0.2) is 0 Å². The number of hydrogen-bond donors (Lipinski definition) is 0. The van der Waals surface area contributed by atoms with Crippen LogP contribution in [0.1, 0.15) is 68.9 Å². The van der Waals surface area contributed by atoms with Gasteiger partial charge in [-0.1, -0.05) is 50.1 Å². The highest BCUT2D eigenvalue weighted by Gasteiger charge is 2.37. The van der Waals surface area contributed by atoms with E-state index in [4.69, 9.17) is 4.74 Å². The molecule has 30 heavy (non-hydrogen) atoms. The molecule has 0 N–H and O–H groups in total. The zero-order valence-corrected chi connectivity index (χ0v) is 18.8. The quantitative estimate of drug-likeness (QED) is 0.552. The van der Waals surface area contributed by atoms with Crippen LogP contribution < -0.4 is 4.74 Å². The minimum Gasteiger partial charge on any atom is -0.496 e. The first kappa shape index (κ1) is 20.1. The van der Waals surface area contributed by atoms with E-state index in [1.165, 1.54) is 80.3 Å². The van der Waals surface area contributed by atoms with Crippen molar-refractivity contribution in [3.63, 3.8) is 0 Å². The fourth-order valence-corrected chi connectivity index (χ4v) is 6.51. The Morgan fingerprint density at radius 1 is 0.833 bits per heavy atom. The van der Waals surface area contributed by atoms with E-state index in [9.17, 15) is 0 Å². The average molecular weight is 404 g/mol. The maximum atomic E-state index is 5.79. The van der Waals surface area contributed by atoms with Crippen molar-refractivity contribution in [3.05, 3.63) is 53.6 Å². The number of aryl methyl sites for hydroxylation is 1. The molecule has 2 aliphatic carbocycles. The molecule has 160 valence electrons. The molecule has 2 aromatic carbocycles. The Labute approximate surface area is 182 Å². The van der Waals surface area contributed by atoms with Gasteiger partial charge in [0.1, 0.15) is 5.75 Å². The number of rotatable bonds is 5. The Morgan fingerprint density at radius 2 is 1.50 bits per heavy atom. The van der Waals surface area contributed by atoms with Crippen molar-refractivity contribution >= 4 is 0 Å². The van der Waals surface area contributed by atoms with Crippen LogP contribution in [0.25, 0.3) is 11.1 Å². The van der Waals surface area contributed by atoms with Crippen LogP contribution in [0.4, 0.5) is 0 Å². The van der Waals surface area contributed by atoms with Gasteiger partial charge in [0, 0.05) is 6.04 Å². The molecule has 2 nitrogen and oxygen atoms in total. The molecule has 2 unspecified atom stereocenters. The zero-order valence-electron chi connectivity index (χ0n) is 18.8. The molecule has 0 amide bonds. The second-order valence-corrected chi connectivity index (χ2v) is 9.99. The number of hydrogen-bond acceptors (Lipinski definition) is 2. The highest BCUT2D eigenvalue weighted by atomic mass is 16.5. The van der Waals surface area contributed by atoms with Crippen molar-refractivity contribution in [1.82, 2.24) is 4.90 Å². The van der Waals surface area contributed by atoms with Gasteiger partial charge in [-0.2, -0.15) is 0 Å². The summed E-state index contributed by atoms with van der Waals surface area (Å²) in [6.45, 7) is 4.73. The summed E-state index contributed by atoms with van der Waals surface area (Å²) in [6.07, 6.45) is 11.1. The van der Waals surface area contributed by atoms with Crippen LogP contribution in [0, 0.1) is 11.8 Å². The molecule has 1 aliphatic heterocycles. The number of nitrogens with zero attached hydrogens (tertiary/aromatic N) is 1. The highest BCUT2D eigenvalue weighted by molar-refractivity contribution is 5.66. The average Bonchev–Trinajstić information content (AvgIpc) is 3.16. The second-order valence-electron chi connectivity index (χ2n) is 9.99. The summed E-state index contributed by atoms with van der Waals surface area (Å²) in [6, 6.07) is 16.7. The standard InChI is InChI=1S/C28H37NO/c1-3-20-6-8-23(9-7-20)25-10-11-28(30-2)27(19-25)24-12-14-29(15-13-24)26-17-21-4-5-22(16-21)18-26/h6-11,19,21-22,24,26H,3-5,12-18H2,1-2H3. The molecule has 1 saturated heterocycles. The Morgan fingerprint density at radius 3 is 2.13 bits per heavy atom. The first-order chi connectivity index (χ1) is 14.7. The monoisotopic (exact) mass is 403 g/mol. The van der Waals surface area contributed by atoms with Crippen molar-refractivity contribution in [3.8, 4) is 16.9 Å². The summed E-state index contributed by atoms with van der Waals surface area (Å²) >= 11 is 0. The molecule has 2 atom stereocenters. The number of benzene rings is 2. The van der Waals surface area contributed by atoms with Crippen LogP contribution in [-0.2, 0) is 6.42 Å². The van der Waals surface area contributed by atoms with Gasteiger partial charge in [-0.3, -0.25) is 0 Å². The molecule has 2 saturated carbocycles.